The summed E-state index contributed by atoms with van der Waals surface area (Å²) in [6.45, 7) is 0. The van der Waals surface area contributed by atoms with Crippen LogP contribution in [0.2, 0.25) is 5.02 Å². The fourth-order valence-electron chi connectivity index (χ4n) is 2.51. The number of fused-ring (bicyclic) bond motifs is 1. The van der Waals surface area contributed by atoms with Crippen molar-refractivity contribution in [3.63, 3.8) is 0 Å². The zero-order chi connectivity index (χ0) is 11.8. The van der Waals surface area contributed by atoms with Gasteiger partial charge in [-0.15, -0.1) is 0 Å². The van der Waals surface area contributed by atoms with Gasteiger partial charge in [-0.3, -0.25) is 0 Å². The van der Waals surface area contributed by atoms with Gasteiger partial charge in [0.1, 0.15) is 0 Å². The van der Waals surface area contributed by atoms with Gasteiger partial charge >= 0.3 is 0 Å². The van der Waals surface area contributed by atoms with Crippen LogP contribution >= 0.6 is 11.6 Å². The fourth-order valence-corrected chi connectivity index (χ4v) is 2.80. The third kappa shape index (κ3) is 1.80. The molecule has 0 fully saturated rings. The maximum atomic E-state index is 6.22. The fraction of sp³-hybridized carbons (Fsp3) is 0.308. The van der Waals surface area contributed by atoms with Gasteiger partial charge < -0.3 is 10.3 Å². The van der Waals surface area contributed by atoms with E-state index in [0.717, 1.165) is 35.5 Å². The predicted molar refractivity (Wildman–Crippen MR) is 67.1 cm³/mol. The van der Waals surface area contributed by atoms with Crippen LogP contribution in [0.3, 0.4) is 0 Å². The van der Waals surface area contributed by atoms with Crippen molar-refractivity contribution < 1.29 is 4.52 Å². The maximum absolute atomic E-state index is 6.22. The highest BCUT2D eigenvalue weighted by atomic mass is 35.5. The van der Waals surface area contributed by atoms with Gasteiger partial charge in [0.05, 0.1) is 5.69 Å². The first kappa shape index (κ1) is 10.7. The minimum atomic E-state index is 0.417. The Hall–Kier alpha value is -1.48. The number of hydrogen-bond acceptors (Lipinski definition) is 3. The van der Waals surface area contributed by atoms with Crippen molar-refractivity contribution in [3.05, 3.63) is 46.1 Å². The molecule has 0 amide bonds. The third-order valence-corrected chi connectivity index (χ3v) is 3.77. The normalized spacial score (nSPS) is 19.0. The molecule has 17 heavy (non-hydrogen) atoms. The highest BCUT2D eigenvalue weighted by Gasteiger charge is 2.26. The molecule has 1 aromatic carbocycles. The largest absolute Gasteiger partial charge is 0.367 e. The topological polar surface area (TPSA) is 52.0 Å². The molecule has 2 aromatic rings. The molecule has 1 aromatic heterocycles. The van der Waals surface area contributed by atoms with E-state index in [1.54, 1.807) is 0 Å². The minimum absolute atomic E-state index is 0.417. The highest BCUT2D eigenvalue weighted by Crippen LogP contribution is 2.37. The number of nitrogens with two attached hydrogens (primary N) is 1. The van der Waals surface area contributed by atoms with E-state index >= 15 is 0 Å². The second-order valence-corrected chi connectivity index (χ2v) is 4.84. The van der Waals surface area contributed by atoms with Crippen LogP contribution in [0.4, 0.5) is 5.88 Å². The molecule has 0 aliphatic heterocycles. The summed E-state index contributed by atoms with van der Waals surface area (Å²) in [4.78, 5) is 0. The molecule has 88 valence electrons. The number of halogens is 1. The molecule has 0 spiro atoms. The molecule has 0 radical (unpaired) electrons. The molecular weight excluding hydrogens is 236 g/mol. The van der Waals surface area contributed by atoms with Gasteiger partial charge in [-0.1, -0.05) is 35.0 Å². The molecule has 0 bridgehead atoms. The number of anilines is 1. The van der Waals surface area contributed by atoms with Crippen LogP contribution in [-0.2, 0) is 12.8 Å². The summed E-state index contributed by atoms with van der Waals surface area (Å²) in [5.41, 5.74) is 8.98. The summed E-state index contributed by atoms with van der Waals surface area (Å²) in [6.07, 6.45) is 2.82. The van der Waals surface area contributed by atoms with Gasteiger partial charge in [0.25, 0.3) is 0 Å². The van der Waals surface area contributed by atoms with E-state index in [2.05, 4.69) is 11.2 Å². The van der Waals surface area contributed by atoms with Gasteiger partial charge in [0.2, 0.25) is 5.88 Å². The average molecular weight is 249 g/mol. The Morgan fingerprint density at radius 3 is 3.00 bits per heavy atom. The van der Waals surface area contributed by atoms with Crippen molar-refractivity contribution in [2.75, 3.05) is 5.73 Å². The van der Waals surface area contributed by atoms with Crippen LogP contribution in [0.25, 0.3) is 0 Å². The molecule has 1 atom stereocenters. The van der Waals surface area contributed by atoms with Gasteiger partial charge in [0, 0.05) is 17.0 Å². The predicted octanol–water partition coefficient (Wildman–Crippen LogP) is 3.18. The van der Waals surface area contributed by atoms with Crippen LogP contribution in [0, 0.1) is 0 Å². The number of hydrogen-bond donors (Lipinski definition) is 1. The van der Waals surface area contributed by atoms with E-state index in [1.165, 1.54) is 5.56 Å². The molecule has 2 N–H and O–H groups in total. The molecule has 1 heterocycles. The number of nitrogen functional groups attached to an aromatic ring is 1. The van der Waals surface area contributed by atoms with Crippen LogP contribution in [-0.4, -0.2) is 5.16 Å². The van der Waals surface area contributed by atoms with Crippen LogP contribution < -0.4 is 5.73 Å². The Bertz CT molecular complexity index is 550. The molecule has 3 rings (SSSR count). The quantitative estimate of drug-likeness (QED) is 0.843. The number of aromatic nitrogens is 1. The Labute approximate surface area is 105 Å². The van der Waals surface area contributed by atoms with E-state index in [9.17, 15) is 0 Å². The molecule has 0 saturated carbocycles. The smallest absolute Gasteiger partial charge is 0.225 e. The second kappa shape index (κ2) is 4.08. The van der Waals surface area contributed by atoms with Gasteiger partial charge in [-0.2, -0.15) is 0 Å². The molecule has 3 nitrogen and oxygen atoms in total. The van der Waals surface area contributed by atoms with Crippen molar-refractivity contribution in [2.24, 2.45) is 0 Å². The van der Waals surface area contributed by atoms with Crippen LogP contribution in [0.15, 0.2) is 28.8 Å². The maximum Gasteiger partial charge on any atom is 0.225 e. The Morgan fingerprint density at radius 2 is 2.18 bits per heavy atom. The van der Waals surface area contributed by atoms with Gasteiger partial charge in [-0.05, 0) is 30.4 Å². The van der Waals surface area contributed by atoms with E-state index in [0.29, 0.717) is 11.8 Å². The van der Waals surface area contributed by atoms with Crippen molar-refractivity contribution in [2.45, 2.75) is 25.2 Å². The Kier molecular flexibility index (Phi) is 2.56. The third-order valence-electron chi connectivity index (χ3n) is 3.43. The van der Waals surface area contributed by atoms with Crippen LogP contribution in [0.1, 0.15) is 29.2 Å². The second-order valence-electron chi connectivity index (χ2n) is 4.43. The molecule has 1 aliphatic carbocycles. The summed E-state index contributed by atoms with van der Waals surface area (Å²) in [5.74, 6) is 0.887. The van der Waals surface area contributed by atoms with E-state index in [-0.39, 0.29) is 0 Å². The summed E-state index contributed by atoms with van der Waals surface area (Å²) in [6, 6.07) is 7.99. The number of nitrogens with zero attached hydrogens (tertiary/aromatic N) is 1. The molecule has 1 aliphatic rings. The van der Waals surface area contributed by atoms with Crippen LogP contribution in [0.5, 0.6) is 0 Å². The molecular formula is C13H13ClN2O. The molecule has 4 heteroatoms. The zero-order valence-electron chi connectivity index (χ0n) is 9.32. The Balaban J connectivity index is 1.92. The van der Waals surface area contributed by atoms with Gasteiger partial charge in [-0.25, -0.2) is 0 Å². The lowest BCUT2D eigenvalue weighted by Crippen LogP contribution is -2.13. The standard InChI is InChI=1S/C13H13ClN2O/c14-11-4-2-1-3-9(11)8-5-6-10-12(7-8)16-17-13(10)15/h1-4,8H,5-7,15H2. The molecule has 0 saturated heterocycles. The average Bonchev–Trinajstić information content (AvgIpc) is 2.71. The zero-order valence-corrected chi connectivity index (χ0v) is 10.1. The monoisotopic (exact) mass is 248 g/mol. The summed E-state index contributed by atoms with van der Waals surface area (Å²) in [7, 11) is 0. The lowest BCUT2D eigenvalue weighted by molar-refractivity contribution is 0.424. The lowest BCUT2D eigenvalue weighted by atomic mass is 9.83. The first-order chi connectivity index (χ1) is 8.25. The summed E-state index contributed by atoms with van der Waals surface area (Å²) >= 11 is 6.22. The minimum Gasteiger partial charge on any atom is -0.367 e. The van der Waals surface area contributed by atoms with E-state index < -0.39 is 0 Å². The number of benzene rings is 1. The van der Waals surface area contributed by atoms with E-state index in [1.807, 2.05) is 18.2 Å². The lowest BCUT2D eigenvalue weighted by Gasteiger charge is -2.21. The van der Waals surface area contributed by atoms with E-state index in [4.69, 9.17) is 21.9 Å². The summed E-state index contributed by atoms with van der Waals surface area (Å²) < 4.78 is 5.03. The number of rotatable bonds is 1. The van der Waals surface area contributed by atoms with Gasteiger partial charge in [0.15, 0.2) is 0 Å². The first-order valence-electron chi connectivity index (χ1n) is 5.73. The van der Waals surface area contributed by atoms with Crippen molar-refractivity contribution in [1.29, 1.82) is 0 Å². The van der Waals surface area contributed by atoms with Crippen molar-refractivity contribution in [3.8, 4) is 0 Å². The highest BCUT2D eigenvalue weighted by molar-refractivity contribution is 6.31. The van der Waals surface area contributed by atoms with Crippen molar-refractivity contribution >= 4 is 17.5 Å². The summed E-state index contributed by atoms with van der Waals surface area (Å²) in [5, 5.41) is 4.85. The SMILES string of the molecule is Nc1onc2c1CCC(c1ccccc1Cl)C2. The first-order valence-corrected chi connectivity index (χ1v) is 6.11. The Morgan fingerprint density at radius 1 is 1.35 bits per heavy atom. The molecule has 1 unspecified atom stereocenters. The van der Waals surface area contributed by atoms with Crippen molar-refractivity contribution in [1.82, 2.24) is 5.16 Å².